The number of rotatable bonds is 2. The zero-order valence-electron chi connectivity index (χ0n) is 14.9. The number of hydrogen-bond acceptors (Lipinski definition) is 2. The molecule has 1 fully saturated rings. The van der Waals surface area contributed by atoms with Gasteiger partial charge in [0.2, 0.25) is 0 Å². The van der Waals surface area contributed by atoms with Crippen LogP contribution >= 0.6 is 0 Å². The number of amides is 3. The van der Waals surface area contributed by atoms with Gasteiger partial charge in [-0.25, -0.2) is 9.69 Å². The highest BCUT2D eigenvalue weighted by molar-refractivity contribution is 6.21. The van der Waals surface area contributed by atoms with Gasteiger partial charge in [-0.05, 0) is 56.9 Å². The van der Waals surface area contributed by atoms with Gasteiger partial charge in [-0.2, -0.15) is 0 Å². The van der Waals surface area contributed by atoms with E-state index in [0.717, 1.165) is 30.4 Å². The summed E-state index contributed by atoms with van der Waals surface area (Å²) < 4.78 is 0. The lowest BCUT2D eigenvalue weighted by Crippen LogP contribution is -2.48. The minimum absolute atomic E-state index is 0.225. The molecule has 2 aromatic carbocycles. The van der Waals surface area contributed by atoms with E-state index in [1.807, 2.05) is 56.3 Å². The van der Waals surface area contributed by atoms with Crippen LogP contribution in [0.15, 0.2) is 48.5 Å². The Labute approximate surface area is 149 Å². The van der Waals surface area contributed by atoms with Crippen LogP contribution in [0, 0.1) is 13.8 Å². The van der Waals surface area contributed by atoms with Crippen molar-refractivity contribution in [2.45, 2.75) is 33.1 Å². The summed E-state index contributed by atoms with van der Waals surface area (Å²) in [6.45, 7) is 5.31. The van der Waals surface area contributed by atoms with Crippen LogP contribution in [0.2, 0.25) is 0 Å². The van der Waals surface area contributed by atoms with Gasteiger partial charge < -0.3 is 4.90 Å². The van der Waals surface area contributed by atoms with Gasteiger partial charge in [-0.1, -0.05) is 35.9 Å². The van der Waals surface area contributed by atoms with Gasteiger partial charge in [-0.3, -0.25) is 4.79 Å². The molecule has 0 unspecified atom stereocenters. The van der Waals surface area contributed by atoms with Crippen LogP contribution in [-0.2, 0) is 0 Å². The fourth-order valence-electron chi connectivity index (χ4n) is 3.17. The summed E-state index contributed by atoms with van der Waals surface area (Å²) in [7, 11) is 0. The predicted octanol–water partition coefficient (Wildman–Crippen LogP) is 4.56. The molecule has 0 aliphatic carbocycles. The van der Waals surface area contributed by atoms with Gasteiger partial charge in [0.1, 0.15) is 0 Å². The van der Waals surface area contributed by atoms with Gasteiger partial charge in [0.25, 0.3) is 5.91 Å². The van der Waals surface area contributed by atoms with Crippen LogP contribution in [0.25, 0.3) is 0 Å². The number of aryl methyl sites for hydroxylation is 2. The van der Waals surface area contributed by atoms with Crippen LogP contribution in [0.5, 0.6) is 0 Å². The van der Waals surface area contributed by atoms with Crippen molar-refractivity contribution in [3.8, 4) is 0 Å². The third-order valence-corrected chi connectivity index (χ3v) is 4.69. The van der Waals surface area contributed by atoms with Crippen LogP contribution in [-0.4, -0.2) is 29.9 Å². The van der Waals surface area contributed by atoms with E-state index >= 15 is 0 Å². The Morgan fingerprint density at radius 2 is 1.52 bits per heavy atom. The average Bonchev–Trinajstić information content (AvgIpc) is 2.64. The van der Waals surface area contributed by atoms with E-state index in [1.54, 1.807) is 11.0 Å². The molecule has 1 aliphatic rings. The number of urea groups is 1. The minimum atomic E-state index is -0.266. The molecule has 0 spiro atoms. The lowest BCUT2D eigenvalue weighted by Gasteiger charge is -2.32. The van der Waals surface area contributed by atoms with Crippen LogP contribution in [0.4, 0.5) is 10.5 Å². The van der Waals surface area contributed by atoms with Crippen molar-refractivity contribution in [1.82, 2.24) is 4.90 Å². The van der Waals surface area contributed by atoms with Gasteiger partial charge in [0.15, 0.2) is 0 Å². The highest BCUT2D eigenvalue weighted by Gasteiger charge is 2.30. The summed E-state index contributed by atoms with van der Waals surface area (Å²) in [5.41, 5.74) is 3.15. The molecule has 3 rings (SSSR count). The maximum Gasteiger partial charge on any atom is 0.331 e. The van der Waals surface area contributed by atoms with E-state index in [1.165, 1.54) is 4.90 Å². The van der Waals surface area contributed by atoms with Crippen LogP contribution in [0.1, 0.15) is 40.7 Å². The normalized spacial score (nSPS) is 14.2. The van der Waals surface area contributed by atoms with Gasteiger partial charge in [-0.15, -0.1) is 0 Å². The summed E-state index contributed by atoms with van der Waals surface area (Å²) in [6, 6.07) is 14.7. The van der Waals surface area contributed by atoms with E-state index in [-0.39, 0.29) is 11.9 Å². The fraction of sp³-hybridized carbons (Fsp3) is 0.333. The highest BCUT2D eigenvalue weighted by Crippen LogP contribution is 2.23. The Morgan fingerprint density at radius 3 is 2.16 bits per heavy atom. The fourth-order valence-corrected chi connectivity index (χ4v) is 3.17. The maximum absolute atomic E-state index is 13.2. The minimum Gasteiger partial charge on any atom is -0.324 e. The third-order valence-electron chi connectivity index (χ3n) is 4.69. The lowest BCUT2D eigenvalue weighted by molar-refractivity contribution is 0.0983. The summed E-state index contributed by atoms with van der Waals surface area (Å²) in [5.74, 6) is -0.266. The molecular weight excluding hydrogens is 312 g/mol. The van der Waals surface area contributed by atoms with Gasteiger partial charge in [0, 0.05) is 18.7 Å². The van der Waals surface area contributed by atoms with Crippen molar-refractivity contribution in [2.75, 3.05) is 18.0 Å². The molecule has 4 nitrogen and oxygen atoms in total. The molecule has 2 aromatic rings. The molecule has 3 amide bonds. The van der Waals surface area contributed by atoms with Crippen LogP contribution < -0.4 is 4.90 Å². The summed E-state index contributed by atoms with van der Waals surface area (Å²) in [6.07, 6.45) is 3.12. The zero-order valence-corrected chi connectivity index (χ0v) is 14.9. The van der Waals surface area contributed by atoms with Crippen LogP contribution in [0.3, 0.4) is 0 Å². The molecule has 0 N–H and O–H groups in total. The second-order valence-corrected chi connectivity index (χ2v) is 6.62. The van der Waals surface area contributed by atoms with Crippen molar-refractivity contribution in [1.29, 1.82) is 0 Å². The van der Waals surface area contributed by atoms with Gasteiger partial charge in [0.05, 0.1) is 5.69 Å². The Morgan fingerprint density at radius 1 is 0.880 bits per heavy atom. The average molecular weight is 336 g/mol. The number of imide groups is 1. The van der Waals surface area contributed by atoms with E-state index in [0.29, 0.717) is 24.3 Å². The quantitative estimate of drug-likeness (QED) is 0.807. The smallest absolute Gasteiger partial charge is 0.324 e. The lowest BCUT2D eigenvalue weighted by atomic mass is 10.1. The standard InChI is InChI=1S/C21H24N2O2/c1-16-10-12-18(13-11-16)23(21(25)22-14-6-3-7-15-22)20(24)19-9-5-4-8-17(19)2/h4-5,8-13H,3,6-7,14-15H2,1-2H3. The SMILES string of the molecule is Cc1ccc(N(C(=O)c2ccccc2C)C(=O)N2CCCCC2)cc1. The number of likely N-dealkylation sites (tertiary alicyclic amines) is 1. The van der Waals surface area contributed by atoms with Crippen molar-refractivity contribution < 1.29 is 9.59 Å². The molecule has 0 atom stereocenters. The zero-order chi connectivity index (χ0) is 17.8. The van der Waals surface area contributed by atoms with E-state index < -0.39 is 0 Å². The Kier molecular flexibility index (Phi) is 5.17. The Hall–Kier alpha value is -2.62. The van der Waals surface area contributed by atoms with Crippen molar-refractivity contribution in [3.05, 3.63) is 65.2 Å². The molecule has 0 aromatic heterocycles. The number of carbonyl (C=O) groups is 2. The number of benzene rings is 2. The largest absolute Gasteiger partial charge is 0.331 e. The Bertz CT molecular complexity index is 762. The predicted molar refractivity (Wildman–Crippen MR) is 100.0 cm³/mol. The summed E-state index contributed by atoms with van der Waals surface area (Å²) in [4.78, 5) is 29.5. The molecule has 25 heavy (non-hydrogen) atoms. The van der Waals surface area contributed by atoms with Gasteiger partial charge >= 0.3 is 6.03 Å². The Balaban J connectivity index is 1.99. The van der Waals surface area contributed by atoms with Crippen molar-refractivity contribution in [3.63, 3.8) is 0 Å². The molecule has 0 bridgehead atoms. The number of piperidine rings is 1. The first-order valence-corrected chi connectivity index (χ1v) is 8.83. The number of anilines is 1. The van der Waals surface area contributed by atoms with E-state index in [9.17, 15) is 9.59 Å². The topological polar surface area (TPSA) is 40.6 Å². The molecule has 130 valence electrons. The maximum atomic E-state index is 13.2. The monoisotopic (exact) mass is 336 g/mol. The second kappa shape index (κ2) is 7.51. The molecule has 0 saturated carbocycles. The third kappa shape index (κ3) is 3.73. The van der Waals surface area contributed by atoms with E-state index in [4.69, 9.17) is 0 Å². The molecular formula is C21H24N2O2. The number of nitrogens with zero attached hydrogens (tertiary/aromatic N) is 2. The molecule has 1 aliphatic heterocycles. The summed E-state index contributed by atoms with van der Waals surface area (Å²) in [5, 5.41) is 0. The molecule has 1 saturated heterocycles. The first-order chi connectivity index (χ1) is 12.1. The second-order valence-electron chi connectivity index (χ2n) is 6.62. The number of carbonyl (C=O) groups excluding carboxylic acids is 2. The first-order valence-electron chi connectivity index (χ1n) is 8.83. The summed E-state index contributed by atoms with van der Waals surface area (Å²) >= 11 is 0. The first kappa shape index (κ1) is 17.2. The number of hydrogen-bond donors (Lipinski definition) is 0. The highest BCUT2D eigenvalue weighted by atomic mass is 16.2. The molecule has 1 heterocycles. The molecule has 4 heteroatoms. The van der Waals surface area contributed by atoms with Crippen molar-refractivity contribution in [2.24, 2.45) is 0 Å². The van der Waals surface area contributed by atoms with Crippen molar-refractivity contribution >= 4 is 17.6 Å². The molecule has 0 radical (unpaired) electrons. The van der Waals surface area contributed by atoms with E-state index in [2.05, 4.69) is 0 Å².